The molecule has 0 fully saturated rings. The van der Waals surface area contributed by atoms with Crippen LogP contribution in [-0.2, 0) is 22.1 Å². The van der Waals surface area contributed by atoms with Crippen LogP contribution in [-0.4, -0.2) is 30.2 Å². The molecule has 2 aromatic heterocycles. The number of nitrogens with zero attached hydrogens (tertiary/aromatic N) is 4. The molecule has 6 heteroatoms. The zero-order valence-electron chi connectivity index (χ0n) is 25.6. The van der Waals surface area contributed by atoms with Gasteiger partial charge in [0.2, 0.25) is 0 Å². The Morgan fingerprint density at radius 3 is 1.37 bits per heavy atom. The van der Waals surface area contributed by atoms with E-state index in [1.54, 1.807) is 24.8 Å². The first-order valence-corrected chi connectivity index (χ1v) is 15.7. The Balaban J connectivity index is 2.50. The predicted molar refractivity (Wildman–Crippen MR) is 168 cm³/mol. The van der Waals surface area contributed by atoms with E-state index in [1.807, 2.05) is 12.4 Å². The summed E-state index contributed by atoms with van der Waals surface area (Å²) in [5.74, 6) is 0. The van der Waals surface area contributed by atoms with Crippen molar-refractivity contribution in [2.24, 2.45) is 0 Å². The molecule has 4 nitrogen and oxygen atoms in total. The molecular formula is C32H48N4P2. The maximum atomic E-state index is 4.84. The van der Waals surface area contributed by atoms with E-state index < -0.39 is 5.16 Å². The van der Waals surface area contributed by atoms with Crippen LogP contribution in [0.1, 0.15) is 117 Å². The smallest absolute Gasteiger partial charge is 0.0967 e. The third kappa shape index (κ3) is 6.51. The molecule has 0 N–H and O–H groups in total. The van der Waals surface area contributed by atoms with Gasteiger partial charge in [-0.3, -0.25) is 19.9 Å². The molecule has 0 saturated carbocycles. The van der Waals surface area contributed by atoms with E-state index in [1.165, 1.54) is 22.3 Å². The highest BCUT2D eigenvalue weighted by Gasteiger charge is 2.41. The molecule has 0 amide bonds. The monoisotopic (exact) mass is 550 g/mol. The minimum absolute atomic E-state index is 0.00473. The van der Waals surface area contributed by atoms with Crippen LogP contribution < -0.4 is 0 Å². The molecule has 1 unspecified atom stereocenters. The minimum atomic E-state index is -0.689. The van der Waals surface area contributed by atoms with Crippen LogP contribution in [0.5, 0.6) is 0 Å². The van der Waals surface area contributed by atoms with Crippen molar-refractivity contribution in [2.45, 2.75) is 116 Å². The standard InChI is InChI=1S/C32H48N4P2/c1-28(2,3)24-17-22(21-38(30(7,8)9)31(10,11)12)23(18-25(24)29(4,5)6)32(37,26-19-33-13-15-35-26)27-20-34-14-16-36-27/h13-20H,21,37H2,1-12H3. The average Bonchev–Trinajstić information content (AvgIpc) is 2.80. The van der Waals surface area contributed by atoms with Gasteiger partial charge in [-0.1, -0.05) is 103 Å². The largest absolute Gasteiger partial charge is 0.261 e. The number of rotatable bonds is 5. The van der Waals surface area contributed by atoms with Gasteiger partial charge in [-0.2, -0.15) is 0 Å². The summed E-state index contributed by atoms with van der Waals surface area (Å²) < 4.78 is 0. The van der Waals surface area contributed by atoms with Crippen LogP contribution >= 0.6 is 17.2 Å². The quantitative estimate of drug-likeness (QED) is 0.299. The lowest BCUT2D eigenvalue weighted by Crippen LogP contribution is -2.31. The molecule has 0 bridgehead atoms. The van der Waals surface area contributed by atoms with Crippen molar-refractivity contribution in [3.8, 4) is 0 Å². The van der Waals surface area contributed by atoms with Crippen LogP contribution in [0.15, 0.2) is 49.3 Å². The Labute approximate surface area is 235 Å². The molecule has 3 aromatic rings. The number of hydrogen-bond donors (Lipinski definition) is 0. The van der Waals surface area contributed by atoms with E-state index in [0.717, 1.165) is 17.5 Å². The summed E-state index contributed by atoms with van der Waals surface area (Å²) in [5, 5.41) is -0.304. The number of hydrogen-bond acceptors (Lipinski definition) is 4. The van der Waals surface area contributed by atoms with Crippen molar-refractivity contribution in [1.29, 1.82) is 0 Å². The van der Waals surface area contributed by atoms with Gasteiger partial charge >= 0.3 is 0 Å². The highest BCUT2D eigenvalue weighted by molar-refractivity contribution is 7.60. The summed E-state index contributed by atoms with van der Waals surface area (Å²) in [6, 6.07) is 4.96. The summed E-state index contributed by atoms with van der Waals surface area (Å²) in [7, 11) is 2.74. The van der Waals surface area contributed by atoms with Gasteiger partial charge in [-0.25, -0.2) is 0 Å². The molecule has 2 heterocycles. The highest BCUT2D eigenvalue weighted by Crippen LogP contribution is 2.62. The third-order valence-electron chi connectivity index (χ3n) is 7.17. The Hall–Kier alpha value is -1.76. The van der Waals surface area contributed by atoms with Crippen LogP contribution in [0.3, 0.4) is 0 Å². The first-order valence-electron chi connectivity index (χ1n) is 13.6. The van der Waals surface area contributed by atoms with Gasteiger partial charge in [-0.15, -0.1) is 9.24 Å². The lowest BCUT2D eigenvalue weighted by atomic mass is 9.72. The summed E-state index contributed by atoms with van der Waals surface area (Å²) in [4.78, 5) is 18.6. The molecule has 1 aromatic carbocycles. The Morgan fingerprint density at radius 1 is 0.605 bits per heavy atom. The van der Waals surface area contributed by atoms with Crippen LogP contribution in [0.25, 0.3) is 0 Å². The zero-order valence-corrected chi connectivity index (χ0v) is 27.7. The van der Waals surface area contributed by atoms with Gasteiger partial charge in [0.15, 0.2) is 0 Å². The molecular weight excluding hydrogens is 502 g/mol. The van der Waals surface area contributed by atoms with Gasteiger partial charge in [0.05, 0.1) is 28.9 Å². The number of benzene rings is 1. The zero-order chi connectivity index (χ0) is 28.7. The highest BCUT2D eigenvalue weighted by atomic mass is 31.1. The van der Waals surface area contributed by atoms with Gasteiger partial charge in [0.1, 0.15) is 0 Å². The third-order valence-corrected chi connectivity index (χ3v) is 12.0. The molecule has 0 radical (unpaired) electrons. The summed E-state index contributed by atoms with van der Waals surface area (Å²) in [5.41, 5.74) is 7.03. The fourth-order valence-electron chi connectivity index (χ4n) is 5.45. The second-order valence-corrected chi connectivity index (χ2v) is 19.2. The molecule has 206 valence electrons. The van der Waals surface area contributed by atoms with Gasteiger partial charge in [0.25, 0.3) is 0 Å². The van der Waals surface area contributed by atoms with E-state index in [0.29, 0.717) is 0 Å². The minimum Gasteiger partial charge on any atom is -0.261 e. The van der Waals surface area contributed by atoms with Crippen LogP contribution in [0.2, 0.25) is 0 Å². The van der Waals surface area contributed by atoms with E-state index in [-0.39, 0.29) is 29.1 Å². The molecule has 3 rings (SSSR count). The molecule has 0 aliphatic rings. The predicted octanol–water partition coefficient (Wildman–Crippen LogP) is 8.61. The van der Waals surface area contributed by atoms with Crippen molar-refractivity contribution in [1.82, 2.24) is 19.9 Å². The SMILES string of the molecule is CC(C)(C)c1cc(CP(C(C)(C)C)C(C)(C)C)c(C(P)(c2cnccn2)c2cnccn2)cc1C(C)(C)C. The first-order chi connectivity index (χ1) is 17.3. The second kappa shape index (κ2) is 10.7. The molecule has 1 atom stereocenters. The lowest BCUT2D eigenvalue weighted by Gasteiger charge is -2.43. The molecule has 0 spiro atoms. The van der Waals surface area contributed by atoms with Crippen molar-refractivity contribution >= 4 is 17.2 Å². The lowest BCUT2D eigenvalue weighted by molar-refractivity contribution is 0.528. The second-order valence-electron chi connectivity index (χ2n) is 14.5. The average molecular weight is 551 g/mol. The number of aromatic nitrogens is 4. The van der Waals surface area contributed by atoms with Gasteiger partial charge in [-0.05, 0) is 49.6 Å². The van der Waals surface area contributed by atoms with Gasteiger partial charge < -0.3 is 0 Å². The van der Waals surface area contributed by atoms with Crippen LogP contribution in [0, 0.1) is 0 Å². The molecule has 0 aliphatic carbocycles. The summed E-state index contributed by atoms with van der Waals surface area (Å²) >= 11 is 0. The summed E-state index contributed by atoms with van der Waals surface area (Å²) in [6.07, 6.45) is 11.8. The van der Waals surface area contributed by atoms with Crippen molar-refractivity contribution in [3.05, 3.63) is 83.0 Å². The van der Waals surface area contributed by atoms with E-state index in [9.17, 15) is 0 Å². The van der Waals surface area contributed by atoms with Crippen molar-refractivity contribution in [3.63, 3.8) is 0 Å². The van der Waals surface area contributed by atoms with Gasteiger partial charge in [0, 0.05) is 24.8 Å². The van der Waals surface area contributed by atoms with Crippen molar-refractivity contribution < 1.29 is 0 Å². The Bertz CT molecular complexity index is 1180. The molecule has 38 heavy (non-hydrogen) atoms. The maximum absolute atomic E-state index is 4.84. The molecule has 0 saturated heterocycles. The topological polar surface area (TPSA) is 51.6 Å². The van der Waals surface area contributed by atoms with Crippen LogP contribution in [0.4, 0.5) is 0 Å². The maximum Gasteiger partial charge on any atom is 0.0967 e. The Morgan fingerprint density at radius 2 is 1.03 bits per heavy atom. The van der Waals surface area contributed by atoms with E-state index >= 15 is 0 Å². The molecule has 0 aliphatic heterocycles. The first kappa shape index (κ1) is 30.8. The van der Waals surface area contributed by atoms with E-state index in [4.69, 9.17) is 9.97 Å². The van der Waals surface area contributed by atoms with E-state index in [2.05, 4.69) is 114 Å². The Kier molecular flexibility index (Phi) is 8.64. The summed E-state index contributed by atoms with van der Waals surface area (Å²) in [6.45, 7) is 28.3. The van der Waals surface area contributed by atoms with Crippen molar-refractivity contribution in [2.75, 3.05) is 0 Å². The normalized spacial score (nSPS) is 13.7. The fraction of sp³-hybridized carbons (Fsp3) is 0.562. The fourth-order valence-corrected chi connectivity index (χ4v) is 9.58.